The minimum absolute atomic E-state index is 0.405. The third kappa shape index (κ3) is 2.04. The van der Waals surface area contributed by atoms with Crippen molar-refractivity contribution in [2.75, 3.05) is 19.7 Å². The van der Waals surface area contributed by atoms with E-state index in [1.165, 1.54) is 58.0 Å². The molecule has 1 aliphatic heterocycles. The molecule has 2 saturated carbocycles. The van der Waals surface area contributed by atoms with E-state index in [0.717, 1.165) is 24.2 Å². The van der Waals surface area contributed by atoms with Crippen LogP contribution in [-0.2, 0) is 0 Å². The van der Waals surface area contributed by atoms with Crippen molar-refractivity contribution in [3.8, 4) is 0 Å². The summed E-state index contributed by atoms with van der Waals surface area (Å²) in [6, 6.07) is 0. The first-order chi connectivity index (χ1) is 8.36. The van der Waals surface area contributed by atoms with Crippen LogP contribution >= 0.6 is 0 Å². The lowest BCUT2D eigenvalue weighted by Crippen LogP contribution is -2.40. The Morgan fingerprint density at radius 3 is 2.65 bits per heavy atom. The maximum absolute atomic E-state index is 9.29. The van der Waals surface area contributed by atoms with Gasteiger partial charge < -0.3 is 10.4 Å². The van der Waals surface area contributed by atoms with Crippen molar-refractivity contribution in [1.29, 1.82) is 0 Å². The van der Waals surface area contributed by atoms with Crippen molar-refractivity contribution in [2.45, 2.75) is 51.4 Å². The number of aliphatic hydroxyl groups excluding tert-OH is 1. The van der Waals surface area contributed by atoms with Gasteiger partial charge in [-0.1, -0.05) is 12.8 Å². The predicted octanol–water partition coefficient (Wildman–Crippen LogP) is 2.56. The number of nitrogens with one attached hydrogen (secondary N) is 1. The summed E-state index contributed by atoms with van der Waals surface area (Å²) in [6.07, 6.45) is 11.1. The number of aliphatic hydroxyl groups is 1. The molecule has 3 fully saturated rings. The lowest BCUT2D eigenvalue weighted by atomic mass is 9.65. The predicted molar refractivity (Wildman–Crippen MR) is 69.8 cm³/mol. The largest absolute Gasteiger partial charge is 0.396 e. The summed E-state index contributed by atoms with van der Waals surface area (Å²) in [4.78, 5) is 0. The van der Waals surface area contributed by atoms with E-state index in [4.69, 9.17) is 0 Å². The van der Waals surface area contributed by atoms with Gasteiger partial charge in [0, 0.05) is 6.61 Å². The molecule has 1 heterocycles. The second-order valence-electron chi connectivity index (χ2n) is 6.64. The van der Waals surface area contributed by atoms with Crippen molar-refractivity contribution in [2.24, 2.45) is 23.2 Å². The summed E-state index contributed by atoms with van der Waals surface area (Å²) in [6.45, 7) is 2.87. The monoisotopic (exact) mass is 237 g/mol. The van der Waals surface area contributed by atoms with Crippen LogP contribution in [0.15, 0.2) is 0 Å². The Morgan fingerprint density at radius 1 is 1.12 bits per heavy atom. The molecule has 0 bridgehead atoms. The van der Waals surface area contributed by atoms with Crippen LogP contribution in [0.5, 0.6) is 0 Å². The van der Waals surface area contributed by atoms with E-state index in [1.54, 1.807) is 0 Å². The van der Waals surface area contributed by atoms with Crippen LogP contribution in [0.4, 0.5) is 0 Å². The molecule has 3 rings (SSSR count). The average Bonchev–Trinajstić information content (AvgIpc) is 2.66. The summed E-state index contributed by atoms with van der Waals surface area (Å²) in [5, 5.41) is 12.8. The maximum atomic E-state index is 9.29. The second kappa shape index (κ2) is 4.89. The fourth-order valence-electron chi connectivity index (χ4n) is 5.29. The SMILES string of the molecule is OCCC1CC2(CCNCC2)C2CCCCC12. The van der Waals surface area contributed by atoms with Gasteiger partial charge in [-0.2, -0.15) is 0 Å². The first kappa shape index (κ1) is 12.0. The van der Waals surface area contributed by atoms with Crippen LogP contribution < -0.4 is 5.32 Å². The fraction of sp³-hybridized carbons (Fsp3) is 1.00. The zero-order valence-electron chi connectivity index (χ0n) is 11.0. The van der Waals surface area contributed by atoms with Gasteiger partial charge in [-0.15, -0.1) is 0 Å². The highest BCUT2D eigenvalue weighted by Gasteiger charge is 2.52. The molecular formula is C15H27NO. The first-order valence-electron chi connectivity index (χ1n) is 7.67. The molecular weight excluding hydrogens is 210 g/mol. The standard InChI is InChI=1S/C15H27NO/c17-10-5-12-11-15(6-8-16-9-7-15)14-4-2-1-3-13(12)14/h12-14,16-17H,1-11H2. The minimum atomic E-state index is 0.405. The lowest BCUT2D eigenvalue weighted by molar-refractivity contribution is 0.0881. The van der Waals surface area contributed by atoms with E-state index < -0.39 is 0 Å². The van der Waals surface area contributed by atoms with Gasteiger partial charge in [0.25, 0.3) is 0 Å². The molecule has 3 unspecified atom stereocenters. The van der Waals surface area contributed by atoms with E-state index in [9.17, 15) is 5.11 Å². The van der Waals surface area contributed by atoms with Crippen molar-refractivity contribution in [1.82, 2.24) is 5.32 Å². The molecule has 2 aliphatic carbocycles. The van der Waals surface area contributed by atoms with E-state index in [2.05, 4.69) is 5.32 Å². The molecule has 0 aromatic rings. The molecule has 0 radical (unpaired) electrons. The van der Waals surface area contributed by atoms with Gasteiger partial charge in [0.15, 0.2) is 0 Å². The Balaban J connectivity index is 1.79. The van der Waals surface area contributed by atoms with Gasteiger partial charge >= 0.3 is 0 Å². The minimum Gasteiger partial charge on any atom is -0.396 e. The van der Waals surface area contributed by atoms with Gasteiger partial charge in [-0.05, 0) is 74.8 Å². The zero-order valence-corrected chi connectivity index (χ0v) is 11.0. The molecule has 98 valence electrons. The highest BCUT2D eigenvalue weighted by Crippen LogP contribution is 2.60. The number of fused-ring (bicyclic) bond motifs is 2. The highest BCUT2D eigenvalue weighted by atomic mass is 16.3. The topological polar surface area (TPSA) is 32.3 Å². The molecule has 0 aromatic carbocycles. The Morgan fingerprint density at radius 2 is 1.88 bits per heavy atom. The second-order valence-corrected chi connectivity index (χ2v) is 6.64. The van der Waals surface area contributed by atoms with Gasteiger partial charge in [0.05, 0.1) is 0 Å². The van der Waals surface area contributed by atoms with Gasteiger partial charge in [-0.3, -0.25) is 0 Å². The van der Waals surface area contributed by atoms with Crippen LogP contribution in [0.25, 0.3) is 0 Å². The van der Waals surface area contributed by atoms with E-state index in [1.807, 2.05) is 0 Å². The summed E-state index contributed by atoms with van der Waals surface area (Å²) < 4.78 is 0. The van der Waals surface area contributed by atoms with E-state index >= 15 is 0 Å². The molecule has 2 nitrogen and oxygen atoms in total. The van der Waals surface area contributed by atoms with Gasteiger partial charge in [0.1, 0.15) is 0 Å². The Kier molecular flexibility index (Phi) is 3.45. The van der Waals surface area contributed by atoms with E-state index in [0.29, 0.717) is 12.0 Å². The normalized spacial score (nSPS) is 40.4. The van der Waals surface area contributed by atoms with Crippen molar-refractivity contribution in [3.05, 3.63) is 0 Å². The van der Waals surface area contributed by atoms with Gasteiger partial charge in [0.2, 0.25) is 0 Å². The molecule has 3 aliphatic rings. The molecule has 3 atom stereocenters. The quantitative estimate of drug-likeness (QED) is 0.773. The molecule has 1 spiro atoms. The van der Waals surface area contributed by atoms with Crippen LogP contribution in [0, 0.1) is 23.2 Å². The number of piperidine rings is 1. The lowest BCUT2D eigenvalue weighted by Gasteiger charge is -2.42. The fourth-order valence-corrected chi connectivity index (χ4v) is 5.29. The maximum Gasteiger partial charge on any atom is 0.0433 e. The molecule has 17 heavy (non-hydrogen) atoms. The zero-order chi connectivity index (χ0) is 11.7. The Hall–Kier alpha value is -0.0800. The molecule has 1 saturated heterocycles. The van der Waals surface area contributed by atoms with Crippen molar-refractivity contribution in [3.63, 3.8) is 0 Å². The van der Waals surface area contributed by atoms with Crippen LogP contribution in [0.2, 0.25) is 0 Å². The molecule has 0 aromatic heterocycles. The Bertz CT molecular complexity index is 260. The molecule has 2 N–H and O–H groups in total. The summed E-state index contributed by atoms with van der Waals surface area (Å²) in [5.41, 5.74) is 0.663. The van der Waals surface area contributed by atoms with Gasteiger partial charge in [-0.25, -0.2) is 0 Å². The third-order valence-electron chi connectivity index (χ3n) is 5.98. The van der Waals surface area contributed by atoms with Crippen molar-refractivity contribution >= 4 is 0 Å². The number of rotatable bonds is 2. The summed E-state index contributed by atoms with van der Waals surface area (Å²) in [7, 11) is 0. The Labute approximate surface area is 105 Å². The summed E-state index contributed by atoms with van der Waals surface area (Å²) >= 11 is 0. The third-order valence-corrected chi connectivity index (χ3v) is 5.98. The van der Waals surface area contributed by atoms with Crippen LogP contribution in [0.3, 0.4) is 0 Å². The summed E-state index contributed by atoms with van der Waals surface area (Å²) in [5.74, 6) is 2.78. The highest BCUT2D eigenvalue weighted by molar-refractivity contribution is 5.03. The molecule has 0 amide bonds. The number of hydrogen-bond acceptors (Lipinski definition) is 2. The van der Waals surface area contributed by atoms with Crippen LogP contribution in [-0.4, -0.2) is 24.8 Å². The molecule has 2 heteroatoms. The number of hydrogen-bond donors (Lipinski definition) is 2. The van der Waals surface area contributed by atoms with Crippen LogP contribution in [0.1, 0.15) is 51.4 Å². The first-order valence-corrected chi connectivity index (χ1v) is 7.67. The van der Waals surface area contributed by atoms with Crippen molar-refractivity contribution < 1.29 is 5.11 Å². The smallest absolute Gasteiger partial charge is 0.0433 e. The average molecular weight is 237 g/mol. The van der Waals surface area contributed by atoms with E-state index in [-0.39, 0.29) is 0 Å².